The molecule has 1 rings (SSSR count). The molecule has 0 amide bonds. The molecule has 1 N–H and O–H groups in total. The van der Waals surface area contributed by atoms with Crippen molar-refractivity contribution in [3.63, 3.8) is 0 Å². The molecule has 0 aromatic heterocycles. The highest BCUT2D eigenvalue weighted by Crippen LogP contribution is 2.33. The minimum absolute atomic E-state index is 0.240. The Hall–Kier alpha value is -0.800. The number of halogens is 4. The zero-order valence-electron chi connectivity index (χ0n) is 12.5. The number of hydrogen-bond donors (Lipinski definition) is 1. The van der Waals surface area contributed by atoms with Gasteiger partial charge in [0, 0.05) is 0 Å². The van der Waals surface area contributed by atoms with E-state index in [4.69, 9.17) is 4.55 Å². The number of thioether (sulfide) groups is 1. The first-order valence-corrected chi connectivity index (χ1v) is 9.60. The van der Waals surface area contributed by atoms with E-state index in [2.05, 4.69) is 6.92 Å². The molecule has 0 saturated carbocycles. The van der Waals surface area contributed by atoms with Crippen LogP contribution in [0.2, 0.25) is 0 Å². The first-order valence-electron chi connectivity index (χ1n) is 7.18. The van der Waals surface area contributed by atoms with E-state index < -0.39 is 43.2 Å². The number of hydrogen-bond acceptors (Lipinski definition) is 3. The fourth-order valence-corrected chi connectivity index (χ4v) is 3.62. The summed E-state index contributed by atoms with van der Waals surface area (Å²) < 4.78 is 84.9. The summed E-state index contributed by atoms with van der Waals surface area (Å²) in [5.41, 5.74) is 0. The van der Waals surface area contributed by atoms with E-state index in [1.54, 1.807) is 0 Å². The van der Waals surface area contributed by atoms with Crippen molar-refractivity contribution >= 4 is 21.9 Å². The lowest BCUT2D eigenvalue weighted by molar-refractivity contribution is 0.384. The summed E-state index contributed by atoms with van der Waals surface area (Å²) in [7, 11) is -5.40. The minimum atomic E-state index is -5.40. The Bertz CT molecular complexity index is 619. The van der Waals surface area contributed by atoms with Crippen molar-refractivity contribution in [1.29, 1.82) is 0 Å². The Morgan fingerprint density at radius 3 is 1.83 bits per heavy atom. The molecule has 0 fully saturated rings. The van der Waals surface area contributed by atoms with Crippen LogP contribution in [0.25, 0.3) is 0 Å². The largest absolute Gasteiger partial charge is 0.300 e. The fourth-order valence-electron chi connectivity index (χ4n) is 2.00. The van der Waals surface area contributed by atoms with E-state index in [9.17, 15) is 26.0 Å². The quantitative estimate of drug-likeness (QED) is 0.219. The van der Waals surface area contributed by atoms with Crippen LogP contribution < -0.4 is 0 Å². The van der Waals surface area contributed by atoms with Crippen molar-refractivity contribution in [2.24, 2.45) is 0 Å². The van der Waals surface area contributed by atoms with Gasteiger partial charge < -0.3 is 0 Å². The summed E-state index contributed by atoms with van der Waals surface area (Å²) in [5, 5.41) is 0. The predicted molar refractivity (Wildman–Crippen MR) is 80.2 cm³/mol. The van der Waals surface area contributed by atoms with Crippen LogP contribution in [0.1, 0.15) is 45.4 Å². The molecule has 132 valence electrons. The average Bonchev–Trinajstić information content (AvgIpc) is 2.46. The zero-order chi connectivity index (χ0) is 17.6. The van der Waals surface area contributed by atoms with E-state index in [-0.39, 0.29) is 5.75 Å². The van der Waals surface area contributed by atoms with Gasteiger partial charge in [-0.05, 0) is 12.2 Å². The van der Waals surface area contributed by atoms with Gasteiger partial charge >= 0.3 is 10.1 Å². The van der Waals surface area contributed by atoms with Crippen LogP contribution >= 0.6 is 11.8 Å². The van der Waals surface area contributed by atoms with Gasteiger partial charge in [0.05, 0.1) is 4.90 Å². The first-order chi connectivity index (χ1) is 10.7. The molecule has 0 saturated heterocycles. The number of rotatable bonds is 9. The van der Waals surface area contributed by atoms with E-state index in [0.29, 0.717) is 18.2 Å². The third kappa shape index (κ3) is 5.36. The molecule has 0 bridgehead atoms. The highest BCUT2D eigenvalue weighted by molar-refractivity contribution is 7.99. The van der Waals surface area contributed by atoms with Crippen molar-refractivity contribution in [2.45, 2.75) is 55.2 Å². The van der Waals surface area contributed by atoms with Gasteiger partial charge in [-0.1, -0.05) is 39.0 Å². The lowest BCUT2D eigenvalue weighted by Crippen LogP contribution is -2.11. The molecule has 9 heteroatoms. The SMILES string of the molecule is CCCCCCCCSc1c(F)c(F)c(S(=O)(=O)O)c(F)c1F. The maximum absolute atomic E-state index is 13.7. The van der Waals surface area contributed by atoms with Crippen LogP contribution in [0.4, 0.5) is 17.6 Å². The third-order valence-electron chi connectivity index (χ3n) is 3.19. The van der Waals surface area contributed by atoms with Crippen molar-refractivity contribution in [3.8, 4) is 0 Å². The van der Waals surface area contributed by atoms with Crippen LogP contribution in [0.3, 0.4) is 0 Å². The smallest absolute Gasteiger partial charge is 0.282 e. The van der Waals surface area contributed by atoms with E-state index >= 15 is 0 Å². The lowest BCUT2D eigenvalue weighted by atomic mass is 10.1. The minimum Gasteiger partial charge on any atom is -0.282 e. The molecule has 1 aromatic rings. The Labute approximate surface area is 137 Å². The van der Waals surface area contributed by atoms with Crippen LogP contribution in [-0.2, 0) is 10.1 Å². The van der Waals surface area contributed by atoms with Crippen LogP contribution in [0, 0.1) is 23.3 Å². The molecule has 0 unspecified atom stereocenters. The van der Waals surface area contributed by atoms with Crippen molar-refractivity contribution in [3.05, 3.63) is 23.3 Å². The Balaban J connectivity index is 2.82. The van der Waals surface area contributed by atoms with Gasteiger partial charge in [-0.3, -0.25) is 4.55 Å². The second-order valence-electron chi connectivity index (χ2n) is 5.01. The maximum atomic E-state index is 13.7. The normalized spacial score (nSPS) is 11.9. The van der Waals surface area contributed by atoms with Gasteiger partial charge in [0.15, 0.2) is 28.2 Å². The molecule has 0 atom stereocenters. The first kappa shape index (κ1) is 20.2. The molecule has 0 spiro atoms. The Kier molecular flexibility index (Phi) is 7.82. The summed E-state index contributed by atoms with van der Waals surface area (Å²) in [6.45, 7) is 2.07. The second kappa shape index (κ2) is 8.89. The standard InChI is InChI=1S/C14H18F4O3S2/c1-2-3-4-5-6-7-8-22-13-9(15)11(17)14(23(19,20)21)12(18)10(13)16/h2-8H2,1H3,(H,19,20,21). The van der Waals surface area contributed by atoms with E-state index in [1.165, 1.54) is 0 Å². The van der Waals surface area contributed by atoms with Gasteiger partial charge in [0.1, 0.15) is 0 Å². The predicted octanol–water partition coefficient (Wildman–Crippen LogP) is 4.94. The second-order valence-corrected chi connectivity index (χ2v) is 7.47. The van der Waals surface area contributed by atoms with E-state index in [1.807, 2.05) is 0 Å². The molecule has 3 nitrogen and oxygen atoms in total. The Morgan fingerprint density at radius 2 is 1.35 bits per heavy atom. The summed E-state index contributed by atoms with van der Waals surface area (Å²) in [6, 6.07) is 0. The third-order valence-corrected chi connectivity index (χ3v) is 5.20. The monoisotopic (exact) mass is 374 g/mol. The fraction of sp³-hybridized carbons (Fsp3) is 0.571. The number of benzene rings is 1. The molecule has 0 aliphatic heterocycles. The van der Waals surface area contributed by atoms with Gasteiger partial charge in [-0.15, -0.1) is 11.8 Å². The molecule has 0 aliphatic rings. The summed E-state index contributed by atoms with van der Waals surface area (Å²) >= 11 is 0.579. The summed E-state index contributed by atoms with van der Waals surface area (Å²) in [4.78, 5) is -2.92. The van der Waals surface area contributed by atoms with Gasteiger partial charge in [-0.2, -0.15) is 8.42 Å². The molecular formula is C14H18F4O3S2. The molecule has 0 heterocycles. The molecule has 1 aromatic carbocycles. The molecule has 23 heavy (non-hydrogen) atoms. The molecular weight excluding hydrogens is 356 g/mol. The van der Waals surface area contributed by atoms with Crippen LogP contribution in [0.15, 0.2) is 9.79 Å². The van der Waals surface area contributed by atoms with Gasteiger partial charge in [0.2, 0.25) is 0 Å². The zero-order valence-corrected chi connectivity index (χ0v) is 14.2. The average molecular weight is 374 g/mol. The lowest BCUT2D eigenvalue weighted by Gasteiger charge is -2.10. The Morgan fingerprint density at radius 1 is 0.870 bits per heavy atom. The van der Waals surface area contributed by atoms with Crippen molar-refractivity contribution in [1.82, 2.24) is 0 Å². The van der Waals surface area contributed by atoms with Crippen LogP contribution in [0.5, 0.6) is 0 Å². The van der Waals surface area contributed by atoms with Crippen LogP contribution in [-0.4, -0.2) is 18.7 Å². The maximum Gasteiger partial charge on any atom is 0.300 e. The summed E-state index contributed by atoms with van der Waals surface area (Å²) in [6.07, 6.45) is 5.63. The topological polar surface area (TPSA) is 54.4 Å². The van der Waals surface area contributed by atoms with Gasteiger partial charge in [0.25, 0.3) is 0 Å². The molecule has 0 radical (unpaired) electrons. The van der Waals surface area contributed by atoms with E-state index in [0.717, 1.165) is 32.1 Å². The molecule has 0 aliphatic carbocycles. The summed E-state index contributed by atoms with van der Waals surface area (Å²) in [5.74, 6) is -7.61. The van der Waals surface area contributed by atoms with Gasteiger partial charge in [-0.25, -0.2) is 17.6 Å². The highest BCUT2D eigenvalue weighted by Gasteiger charge is 2.32. The number of unbranched alkanes of at least 4 members (excludes halogenated alkanes) is 5. The van der Waals surface area contributed by atoms with Crippen molar-refractivity contribution in [2.75, 3.05) is 5.75 Å². The highest BCUT2D eigenvalue weighted by atomic mass is 32.2. The van der Waals surface area contributed by atoms with Crippen molar-refractivity contribution < 1.29 is 30.5 Å².